The lowest BCUT2D eigenvalue weighted by molar-refractivity contribution is -0.148. The summed E-state index contributed by atoms with van der Waals surface area (Å²) in [6.45, 7) is 3.67. The molecule has 4 nitrogen and oxygen atoms in total. The molecule has 0 saturated heterocycles. The number of benzene rings is 1. The second-order valence-corrected chi connectivity index (χ2v) is 4.13. The molecule has 0 spiro atoms. The molecule has 0 aromatic heterocycles. The quantitative estimate of drug-likeness (QED) is 0.457. The number of nitrogens with zero attached hydrogens (tertiary/aromatic N) is 1. The highest BCUT2D eigenvalue weighted by molar-refractivity contribution is 6.30. The maximum absolute atomic E-state index is 11.0. The molecule has 0 unspecified atom stereocenters. The number of halogens is 1. The number of carbonyl (C=O) groups excluding carboxylic acids is 1. The number of ether oxygens (including phenoxy) is 1. The van der Waals surface area contributed by atoms with Crippen molar-refractivity contribution in [2.45, 2.75) is 13.8 Å². The Labute approximate surface area is 117 Å². The van der Waals surface area contributed by atoms with E-state index >= 15 is 0 Å². The van der Waals surface area contributed by atoms with E-state index in [0.29, 0.717) is 17.3 Å². The van der Waals surface area contributed by atoms with E-state index in [2.05, 4.69) is 5.16 Å². The van der Waals surface area contributed by atoms with Gasteiger partial charge in [0.25, 0.3) is 0 Å². The smallest absolute Gasteiger partial charge is 0.347 e. The van der Waals surface area contributed by atoms with Crippen molar-refractivity contribution in [2.75, 3.05) is 13.2 Å². The highest BCUT2D eigenvalue weighted by Gasteiger charge is 2.00. The number of rotatable bonds is 6. The maximum atomic E-state index is 11.0. The van der Waals surface area contributed by atoms with Gasteiger partial charge in [-0.1, -0.05) is 35.0 Å². The van der Waals surface area contributed by atoms with E-state index in [1.807, 2.05) is 30.3 Å². The van der Waals surface area contributed by atoms with Gasteiger partial charge in [-0.05, 0) is 37.6 Å². The average molecular weight is 282 g/mol. The van der Waals surface area contributed by atoms with Gasteiger partial charge in [0.05, 0.1) is 12.3 Å². The van der Waals surface area contributed by atoms with Crippen LogP contribution in [0.1, 0.15) is 19.4 Å². The molecule has 5 heteroatoms. The second kappa shape index (κ2) is 8.32. The van der Waals surface area contributed by atoms with Crippen molar-refractivity contribution in [1.29, 1.82) is 0 Å². The number of allylic oxidation sites excluding steroid dienone is 1. The normalized spacial score (nSPS) is 11.6. The molecule has 0 heterocycles. The number of hydrogen-bond donors (Lipinski definition) is 0. The van der Waals surface area contributed by atoms with Gasteiger partial charge in [-0.3, -0.25) is 0 Å². The third-order valence-corrected chi connectivity index (χ3v) is 2.34. The van der Waals surface area contributed by atoms with Gasteiger partial charge in [-0.25, -0.2) is 4.79 Å². The first-order valence-corrected chi connectivity index (χ1v) is 6.25. The molecule has 19 heavy (non-hydrogen) atoms. The third-order valence-electron chi connectivity index (χ3n) is 2.08. The van der Waals surface area contributed by atoms with Crippen LogP contribution in [-0.2, 0) is 14.4 Å². The van der Waals surface area contributed by atoms with Crippen molar-refractivity contribution in [3.63, 3.8) is 0 Å². The summed E-state index contributed by atoms with van der Waals surface area (Å²) < 4.78 is 4.70. The van der Waals surface area contributed by atoms with Crippen LogP contribution >= 0.6 is 11.6 Å². The Morgan fingerprint density at radius 1 is 1.37 bits per heavy atom. The molecule has 102 valence electrons. The van der Waals surface area contributed by atoms with Gasteiger partial charge < -0.3 is 9.57 Å². The Kier molecular flexibility index (Phi) is 6.68. The molecule has 0 saturated carbocycles. The summed E-state index contributed by atoms with van der Waals surface area (Å²) in [6, 6.07) is 7.41. The van der Waals surface area contributed by atoms with Gasteiger partial charge in [0.1, 0.15) is 0 Å². The van der Waals surface area contributed by atoms with Crippen LogP contribution < -0.4 is 0 Å². The Bertz CT molecular complexity index is 466. The van der Waals surface area contributed by atoms with Crippen molar-refractivity contribution >= 4 is 29.4 Å². The van der Waals surface area contributed by atoms with Crippen LogP contribution in [0.4, 0.5) is 0 Å². The standard InChI is InChI=1S/C14H16ClNO3/c1-3-18-14(17)10-19-16-11(2)4-5-12-6-8-13(15)9-7-12/h4-9H,3,10H2,1-2H3/b5-4+,16-11+. The van der Waals surface area contributed by atoms with Crippen LogP contribution in [0, 0.1) is 0 Å². The molecule has 0 aliphatic rings. The summed E-state index contributed by atoms with van der Waals surface area (Å²) in [7, 11) is 0. The van der Waals surface area contributed by atoms with Crippen LogP contribution in [0.3, 0.4) is 0 Å². The Balaban J connectivity index is 2.43. The minimum atomic E-state index is -0.430. The zero-order valence-electron chi connectivity index (χ0n) is 10.9. The maximum Gasteiger partial charge on any atom is 0.347 e. The fourth-order valence-corrected chi connectivity index (χ4v) is 1.34. The Hall–Kier alpha value is -1.81. The van der Waals surface area contributed by atoms with Crippen LogP contribution in [-0.4, -0.2) is 24.9 Å². The van der Waals surface area contributed by atoms with Crippen LogP contribution in [0.5, 0.6) is 0 Å². The minimum absolute atomic E-state index is 0.181. The molecule has 0 fully saturated rings. The monoisotopic (exact) mass is 281 g/mol. The van der Waals surface area contributed by atoms with Gasteiger partial charge in [0.2, 0.25) is 6.61 Å². The molecule has 0 N–H and O–H groups in total. The summed E-state index contributed by atoms with van der Waals surface area (Å²) in [4.78, 5) is 15.8. The van der Waals surface area contributed by atoms with Crippen molar-refractivity contribution in [2.24, 2.45) is 5.16 Å². The molecule has 0 amide bonds. The third kappa shape index (κ3) is 6.62. The SMILES string of the molecule is CCOC(=O)CO/N=C(C)/C=C/c1ccc(Cl)cc1. The van der Waals surface area contributed by atoms with Crippen LogP contribution in [0.25, 0.3) is 6.08 Å². The fourth-order valence-electron chi connectivity index (χ4n) is 1.21. The van der Waals surface area contributed by atoms with Crippen molar-refractivity contribution in [3.8, 4) is 0 Å². The van der Waals surface area contributed by atoms with E-state index in [4.69, 9.17) is 21.2 Å². The largest absolute Gasteiger partial charge is 0.463 e. The molecule has 1 aromatic carbocycles. The van der Waals surface area contributed by atoms with E-state index in [1.54, 1.807) is 19.9 Å². The molecule has 0 atom stereocenters. The first-order valence-electron chi connectivity index (χ1n) is 5.87. The molecule has 0 aliphatic heterocycles. The number of hydrogen-bond acceptors (Lipinski definition) is 4. The zero-order chi connectivity index (χ0) is 14.1. The summed E-state index contributed by atoms with van der Waals surface area (Å²) in [5.74, 6) is -0.430. The van der Waals surface area contributed by atoms with Crippen molar-refractivity contribution in [1.82, 2.24) is 0 Å². The van der Waals surface area contributed by atoms with E-state index in [9.17, 15) is 4.79 Å². The second-order valence-electron chi connectivity index (χ2n) is 3.70. The van der Waals surface area contributed by atoms with Crippen LogP contribution in [0.2, 0.25) is 5.02 Å². The summed E-state index contributed by atoms with van der Waals surface area (Å²) >= 11 is 5.79. The van der Waals surface area contributed by atoms with Crippen molar-refractivity contribution in [3.05, 3.63) is 40.9 Å². The van der Waals surface area contributed by atoms with E-state index in [0.717, 1.165) is 5.56 Å². The summed E-state index contributed by atoms with van der Waals surface area (Å²) in [6.07, 6.45) is 3.66. The Morgan fingerprint density at radius 3 is 2.68 bits per heavy atom. The molecular formula is C14H16ClNO3. The van der Waals surface area contributed by atoms with E-state index in [1.165, 1.54) is 0 Å². The van der Waals surface area contributed by atoms with Crippen LogP contribution in [0.15, 0.2) is 35.5 Å². The molecule has 1 rings (SSSR count). The lowest BCUT2D eigenvalue weighted by Crippen LogP contribution is -2.10. The van der Waals surface area contributed by atoms with E-state index in [-0.39, 0.29) is 6.61 Å². The van der Waals surface area contributed by atoms with Gasteiger partial charge in [-0.2, -0.15) is 0 Å². The van der Waals surface area contributed by atoms with Gasteiger partial charge in [0, 0.05) is 5.02 Å². The molecular weight excluding hydrogens is 266 g/mol. The predicted molar refractivity (Wildman–Crippen MR) is 76.2 cm³/mol. The molecule has 1 aromatic rings. The molecule has 0 bridgehead atoms. The lowest BCUT2D eigenvalue weighted by atomic mass is 10.2. The number of esters is 1. The molecule has 0 radical (unpaired) electrons. The van der Waals surface area contributed by atoms with Gasteiger partial charge in [0.15, 0.2) is 0 Å². The first kappa shape index (κ1) is 15.2. The summed E-state index contributed by atoms with van der Waals surface area (Å²) in [5, 5.41) is 4.48. The van der Waals surface area contributed by atoms with Crippen molar-refractivity contribution < 1.29 is 14.4 Å². The highest BCUT2D eigenvalue weighted by atomic mass is 35.5. The number of oxime groups is 1. The van der Waals surface area contributed by atoms with Gasteiger partial charge in [-0.15, -0.1) is 0 Å². The number of carbonyl (C=O) groups is 1. The summed E-state index contributed by atoms with van der Waals surface area (Å²) in [5.41, 5.74) is 1.66. The average Bonchev–Trinajstić information content (AvgIpc) is 2.38. The fraction of sp³-hybridized carbons (Fsp3) is 0.286. The topological polar surface area (TPSA) is 47.9 Å². The Morgan fingerprint density at radius 2 is 2.05 bits per heavy atom. The molecule has 0 aliphatic carbocycles. The first-order chi connectivity index (χ1) is 9.11. The van der Waals surface area contributed by atoms with E-state index < -0.39 is 5.97 Å². The predicted octanol–water partition coefficient (Wildman–Crippen LogP) is 3.31. The lowest BCUT2D eigenvalue weighted by Gasteiger charge is -2.00. The highest BCUT2D eigenvalue weighted by Crippen LogP contribution is 2.10. The minimum Gasteiger partial charge on any atom is -0.463 e. The van der Waals surface area contributed by atoms with Gasteiger partial charge >= 0.3 is 5.97 Å². The zero-order valence-corrected chi connectivity index (χ0v) is 11.7.